The standard InChI is InChI=1S/C11H17FN4O2S/c1-3-11(4-2,10(13)14)16-19(17,18)9-5-8(12)6-15-7-9/h5-7,16H,3-4H2,1-2H3,(H3,13,14). The fraction of sp³-hybridized carbons (Fsp3) is 0.455. The molecular formula is C11H17FN4O2S. The van der Waals surface area contributed by atoms with Gasteiger partial charge in [0.2, 0.25) is 10.0 Å². The van der Waals surface area contributed by atoms with Crippen molar-refractivity contribution < 1.29 is 12.8 Å². The van der Waals surface area contributed by atoms with Gasteiger partial charge in [0, 0.05) is 6.20 Å². The highest BCUT2D eigenvalue weighted by molar-refractivity contribution is 7.89. The Hall–Kier alpha value is -1.54. The van der Waals surface area contributed by atoms with Crippen LogP contribution in [0.5, 0.6) is 0 Å². The van der Waals surface area contributed by atoms with Crippen LogP contribution >= 0.6 is 0 Å². The molecule has 0 amide bonds. The lowest BCUT2D eigenvalue weighted by Crippen LogP contribution is -2.56. The highest BCUT2D eigenvalue weighted by Crippen LogP contribution is 2.19. The summed E-state index contributed by atoms with van der Waals surface area (Å²) in [5, 5.41) is 7.55. The van der Waals surface area contributed by atoms with Crippen LogP contribution in [0.2, 0.25) is 0 Å². The van der Waals surface area contributed by atoms with Crippen LogP contribution in [0.4, 0.5) is 4.39 Å². The van der Waals surface area contributed by atoms with E-state index in [-0.39, 0.29) is 10.7 Å². The molecule has 0 spiro atoms. The van der Waals surface area contributed by atoms with Gasteiger partial charge in [-0.3, -0.25) is 10.4 Å². The predicted molar refractivity (Wildman–Crippen MR) is 69.7 cm³/mol. The second-order valence-corrected chi connectivity index (χ2v) is 5.83. The smallest absolute Gasteiger partial charge is 0.243 e. The maximum atomic E-state index is 13.0. The van der Waals surface area contributed by atoms with Gasteiger partial charge >= 0.3 is 0 Å². The van der Waals surface area contributed by atoms with E-state index in [9.17, 15) is 12.8 Å². The zero-order valence-corrected chi connectivity index (χ0v) is 11.6. The van der Waals surface area contributed by atoms with Gasteiger partial charge in [-0.2, -0.15) is 4.72 Å². The molecule has 0 aliphatic carbocycles. The Kier molecular flexibility index (Phi) is 4.59. The summed E-state index contributed by atoms with van der Waals surface area (Å²) >= 11 is 0. The van der Waals surface area contributed by atoms with E-state index in [4.69, 9.17) is 11.1 Å². The van der Waals surface area contributed by atoms with Gasteiger partial charge in [-0.25, -0.2) is 12.8 Å². The van der Waals surface area contributed by atoms with E-state index in [2.05, 4.69) is 9.71 Å². The molecule has 0 saturated heterocycles. The molecule has 8 heteroatoms. The number of hydrogen-bond donors (Lipinski definition) is 3. The van der Waals surface area contributed by atoms with Crippen molar-refractivity contribution in [1.29, 1.82) is 5.41 Å². The molecule has 1 aromatic heterocycles. The summed E-state index contributed by atoms with van der Waals surface area (Å²) in [6.45, 7) is 3.44. The molecule has 4 N–H and O–H groups in total. The average Bonchev–Trinajstić information content (AvgIpc) is 2.35. The third kappa shape index (κ3) is 3.27. The zero-order valence-electron chi connectivity index (χ0n) is 10.8. The molecule has 0 unspecified atom stereocenters. The third-order valence-electron chi connectivity index (χ3n) is 3.04. The van der Waals surface area contributed by atoms with Gasteiger partial charge in [0.05, 0.1) is 11.7 Å². The van der Waals surface area contributed by atoms with E-state index in [1.165, 1.54) is 0 Å². The van der Waals surface area contributed by atoms with Crippen molar-refractivity contribution >= 4 is 15.9 Å². The molecular weight excluding hydrogens is 271 g/mol. The Morgan fingerprint density at radius 2 is 2.05 bits per heavy atom. The summed E-state index contributed by atoms with van der Waals surface area (Å²) in [6, 6.07) is 0.867. The van der Waals surface area contributed by atoms with Crippen molar-refractivity contribution in [2.75, 3.05) is 0 Å². The molecule has 0 radical (unpaired) electrons. The van der Waals surface area contributed by atoms with E-state index in [0.717, 1.165) is 18.5 Å². The minimum absolute atomic E-state index is 0.273. The molecule has 0 saturated carbocycles. The first-order valence-electron chi connectivity index (χ1n) is 5.76. The monoisotopic (exact) mass is 288 g/mol. The second-order valence-electron chi connectivity index (χ2n) is 4.15. The van der Waals surface area contributed by atoms with Gasteiger partial charge in [-0.1, -0.05) is 13.8 Å². The van der Waals surface area contributed by atoms with Crippen LogP contribution in [0.25, 0.3) is 0 Å². The molecule has 0 atom stereocenters. The summed E-state index contributed by atoms with van der Waals surface area (Å²) in [7, 11) is -3.98. The van der Waals surface area contributed by atoms with Crippen molar-refractivity contribution in [2.24, 2.45) is 5.73 Å². The molecule has 6 nitrogen and oxygen atoms in total. The van der Waals surface area contributed by atoms with Crippen molar-refractivity contribution in [3.05, 3.63) is 24.3 Å². The lowest BCUT2D eigenvalue weighted by molar-refractivity contribution is 0.458. The summed E-state index contributed by atoms with van der Waals surface area (Å²) < 4.78 is 39.7. The Balaban J connectivity index is 3.18. The third-order valence-corrected chi connectivity index (χ3v) is 4.55. The van der Waals surface area contributed by atoms with Gasteiger partial charge in [-0.15, -0.1) is 0 Å². The Morgan fingerprint density at radius 3 is 2.47 bits per heavy atom. The van der Waals surface area contributed by atoms with Crippen LogP contribution in [0, 0.1) is 11.2 Å². The van der Waals surface area contributed by atoms with E-state index >= 15 is 0 Å². The summed E-state index contributed by atoms with van der Waals surface area (Å²) in [6.07, 6.45) is 2.60. The largest absolute Gasteiger partial charge is 0.386 e. The molecule has 0 aliphatic rings. The van der Waals surface area contributed by atoms with Crippen LogP contribution < -0.4 is 10.5 Å². The lowest BCUT2D eigenvalue weighted by atomic mass is 9.93. The summed E-state index contributed by atoms with van der Waals surface area (Å²) in [5.41, 5.74) is 4.31. The van der Waals surface area contributed by atoms with Crippen molar-refractivity contribution in [1.82, 2.24) is 9.71 Å². The van der Waals surface area contributed by atoms with Gasteiger partial charge in [0.1, 0.15) is 16.5 Å². The van der Waals surface area contributed by atoms with Crippen molar-refractivity contribution in [3.8, 4) is 0 Å². The van der Waals surface area contributed by atoms with E-state index < -0.39 is 21.4 Å². The van der Waals surface area contributed by atoms with Gasteiger partial charge < -0.3 is 5.73 Å². The minimum Gasteiger partial charge on any atom is -0.386 e. The molecule has 0 aromatic carbocycles. The zero-order chi connectivity index (χ0) is 14.7. The van der Waals surface area contributed by atoms with Crippen LogP contribution in [0.1, 0.15) is 26.7 Å². The number of nitrogens with one attached hydrogen (secondary N) is 2. The molecule has 0 fully saturated rings. The van der Waals surface area contributed by atoms with Crippen LogP contribution in [-0.4, -0.2) is 24.8 Å². The Labute approximate surface area is 111 Å². The van der Waals surface area contributed by atoms with Crippen molar-refractivity contribution in [3.63, 3.8) is 0 Å². The highest BCUT2D eigenvalue weighted by atomic mass is 32.2. The van der Waals surface area contributed by atoms with Crippen LogP contribution in [-0.2, 0) is 10.0 Å². The normalized spacial score (nSPS) is 12.4. The summed E-state index contributed by atoms with van der Waals surface area (Å²) in [5.74, 6) is -1.02. The van der Waals surface area contributed by atoms with E-state index in [1.54, 1.807) is 13.8 Å². The maximum absolute atomic E-state index is 13.0. The first kappa shape index (κ1) is 15.5. The Bertz CT molecular complexity index is 570. The number of nitrogens with two attached hydrogens (primary N) is 1. The number of hydrogen-bond acceptors (Lipinski definition) is 4. The van der Waals surface area contributed by atoms with Crippen LogP contribution in [0.15, 0.2) is 23.4 Å². The number of amidine groups is 1. The molecule has 19 heavy (non-hydrogen) atoms. The molecule has 0 aliphatic heterocycles. The second kappa shape index (κ2) is 5.62. The first-order chi connectivity index (χ1) is 8.77. The molecule has 106 valence electrons. The summed E-state index contributed by atoms with van der Waals surface area (Å²) in [4.78, 5) is 3.21. The molecule has 0 bridgehead atoms. The topological polar surface area (TPSA) is 109 Å². The number of halogens is 1. The Morgan fingerprint density at radius 1 is 1.47 bits per heavy atom. The van der Waals surface area contributed by atoms with Gasteiger partial charge in [-0.05, 0) is 18.9 Å². The maximum Gasteiger partial charge on any atom is 0.243 e. The lowest BCUT2D eigenvalue weighted by Gasteiger charge is -2.30. The van der Waals surface area contributed by atoms with Crippen molar-refractivity contribution in [2.45, 2.75) is 37.1 Å². The SMILES string of the molecule is CCC(CC)(NS(=O)(=O)c1cncc(F)c1)C(=N)N. The first-order valence-corrected chi connectivity index (χ1v) is 7.24. The number of aromatic nitrogens is 1. The van der Waals surface area contributed by atoms with Gasteiger partial charge in [0.25, 0.3) is 0 Å². The van der Waals surface area contributed by atoms with Gasteiger partial charge in [0.15, 0.2) is 0 Å². The minimum atomic E-state index is -3.98. The fourth-order valence-electron chi connectivity index (χ4n) is 1.69. The fourth-order valence-corrected chi connectivity index (χ4v) is 3.18. The number of sulfonamides is 1. The number of rotatable bonds is 6. The number of nitrogens with zero attached hydrogens (tertiary/aromatic N) is 1. The molecule has 1 aromatic rings. The molecule has 1 heterocycles. The number of pyridine rings is 1. The van der Waals surface area contributed by atoms with E-state index in [0.29, 0.717) is 12.8 Å². The quantitative estimate of drug-likeness (QED) is 0.535. The van der Waals surface area contributed by atoms with E-state index in [1.807, 2.05) is 0 Å². The predicted octanol–water partition coefficient (Wildman–Crippen LogP) is 0.994. The highest BCUT2D eigenvalue weighted by Gasteiger charge is 2.35. The van der Waals surface area contributed by atoms with Crippen LogP contribution in [0.3, 0.4) is 0 Å². The average molecular weight is 288 g/mol. The molecule has 1 rings (SSSR count).